The van der Waals surface area contributed by atoms with Crippen LogP contribution in [0, 0.1) is 11.8 Å². The van der Waals surface area contributed by atoms with Gasteiger partial charge in [-0.25, -0.2) is 4.79 Å². The van der Waals surface area contributed by atoms with Crippen molar-refractivity contribution in [3.05, 3.63) is 0 Å². The van der Waals surface area contributed by atoms with Gasteiger partial charge in [0.25, 0.3) is 0 Å². The molecule has 0 saturated heterocycles. The SMILES string of the molecule is CCOCCNC(=O)NCC(CC(=O)O)CC(C)C. The van der Waals surface area contributed by atoms with Crippen LogP contribution in [-0.4, -0.2) is 43.4 Å². The van der Waals surface area contributed by atoms with E-state index in [0.717, 1.165) is 6.42 Å². The lowest BCUT2D eigenvalue weighted by Gasteiger charge is -2.18. The molecule has 0 fully saturated rings. The number of carbonyl (C=O) groups is 2. The van der Waals surface area contributed by atoms with Gasteiger partial charge in [-0.15, -0.1) is 0 Å². The summed E-state index contributed by atoms with van der Waals surface area (Å²) in [4.78, 5) is 22.2. The molecular formula is C13H26N2O4. The lowest BCUT2D eigenvalue weighted by Crippen LogP contribution is -2.40. The fourth-order valence-electron chi connectivity index (χ4n) is 1.83. The zero-order valence-electron chi connectivity index (χ0n) is 12.1. The van der Waals surface area contributed by atoms with Crippen molar-refractivity contribution in [2.24, 2.45) is 11.8 Å². The van der Waals surface area contributed by atoms with E-state index >= 15 is 0 Å². The summed E-state index contributed by atoms with van der Waals surface area (Å²) < 4.78 is 5.09. The zero-order valence-corrected chi connectivity index (χ0v) is 12.1. The van der Waals surface area contributed by atoms with Crippen LogP contribution in [0.25, 0.3) is 0 Å². The number of carbonyl (C=O) groups excluding carboxylic acids is 1. The maximum Gasteiger partial charge on any atom is 0.314 e. The average molecular weight is 274 g/mol. The molecule has 0 aliphatic rings. The molecular weight excluding hydrogens is 248 g/mol. The van der Waals surface area contributed by atoms with E-state index in [1.54, 1.807) is 0 Å². The van der Waals surface area contributed by atoms with Crippen LogP contribution in [0.4, 0.5) is 4.79 Å². The van der Waals surface area contributed by atoms with Crippen LogP contribution in [-0.2, 0) is 9.53 Å². The van der Waals surface area contributed by atoms with Gasteiger partial charge >= 0.3 is 12.0 Å². The van der Waals surface area contributed by atoms with E-state index in [4.69, 9.17) is 9.84 Å². The molecule has 0 heterocycles. The summed E-state index contributed by atoms with van der Waals surface area (Å²) in [5.41, 5.74) is 0. The van der Waals surface area contributed by atoms with Crippen LogP contribution in [0.5, 0.6) is 0 Å². The van der Waals surface area contributed by atoms with Gasteiger partial charge < -0.3 is 20.5 Å². The Morgan fingerprint density at radius 1 is 1.26 bits per heavy atom. The fraction of sp³-hybridized carbons (Fsp3) is 0.846. The smallest absolute Gasteiger partial charge is 0.314 e. The highest BCUT2D eigenvalue weighted by atomic mass is 16.5. The highest BCUT2D eigenvalue weighted by Gasteiger charge is 2.15. The molecule has 6 heteroatoms. The second kappa shape index (κ2) is 10.6. The predicted molar refractivity (Wildman–Crippen MR) is 73.1 cm³/mol. The first-order chi connectivity index (χ1) is 8.95. The third kappa shape index (κ3) is 11.5. The quantitative estimate of drug-likeness (QED) is 0.526. The molecule has 6 nitrogen and oxygen atoms in total. The van der Waals surface area contributed by atoms with E-state index in [9.17, 15) is 9.59 Å². The summed E-state index contributed by atoms with van der Waals surface area (Å²) >= 11 is 0. The predicted octanol–water partition coefficient (Wildman–Crippen LogP) is 1.46. The van der Waals surface area contributed by atoms with Gasteiger partial charge in [-0.3, -0.25) is 4.79 Å². The van der Waals surface area contributed by atoms with Crippen molar-refractivity contribution >= 4 is 12.0 Å². The molecule has 0 rings (SSSR count). The summed E-state index contributed by atoms with van der Waals surface area (Å²) in [7, 11) is 0. The first kappa shape index (κ1) is 17.7. The van der Waals surface area contributed by atoms with Gasteiger partial charge in [0.2, 0.25) is 0 Å². The van der Waals surface area contributed by atoms with E-state index < -0.39 is 5.97 Å². The van der Waals surface area contributed by atoms with Gasteiger partial charge in [0.1, 0.15) is 0 Å². The van der Waals surface area contributed by atoms with Crippen molar-refractivity contribution < 1.29 is 19.4 Å². The van der Waals surface area contributed by atoms with Gasteiger partial charge in [-0.05, 0) is 25.2 Å². The highest BCUT2D eigenvalue weighted by Crippen LogP contribution is 2.14. The second-order valence-corrected chi connectivity index (χ2v) is 4.93. The van der Waals surface area contributed by atoms with Gasteiger partial charge in [-0.1, -0.05) is 13.8 Å². The minimum atomic E-state index is -0.829. The Hall–Kier alpha value is -1.30. The topological polar surface area (TPSA) is 87.7 Å². The van der Waals surface area contributed by atoms with E-state index in [0.29, 0.717) is 32.2 Å². The lowest BCUT2D eigenvalue weighted by molar-refractivity contribution is -0.138. The molecule has 0 aromatic rings. The van der Waals surface area contributed by atoms with Crippen LogP contribution >= 0.6 is 0 Å². The van der Waals surface area contributed by atoms with Crippen LogP contribution < -0.4 is 10.6 Å². The molecule has 0 radical (unpaired) electrons. The standard InChI is InChI=1S/C13H26N2O4/c1-4-19-6-5-14-13(18)15-9-11(7-10(2)3)8-12(16)17/h10-11H,4-9H2,1-3H3,(H,16,17)(H2,14,15,18). The zero-order chi connectivity index (χ0) is 14.7. The molecule has 1 atom stereocenters. The number of hydrogen-bond acceptors (Lipinski definition) is 3. The summed E-state index contributed by atoms with van der Waals surface area (Å²) in [6.45, 7) is 7.90. The van der Waals surface area contributed by atoms with Gasteiger partial charge in [0.15, 0.2) is 0 Å². The van der Waals surface area contributed by atoms with Crippen molar-refractivity contribution in [3.63, 3.8) is 0 Å². The number of hydrogen-bond donors (Lipinski definition) is 3. The summed E-state index contributed by atoms with van der Waals surface area (Å²) in [5.74, 6) is -0.452. The molecule has 112 valence electrons. The van der Waals surface area contributed by atoms with Crippen LogP contribution in [0.2, 0.25) is 0 Å². The maximum atomic E-state index is 11.5. The number of aliphatic carboxylic acids is 1. The van der Waals surface area contributed by atoms with Crippen LogP contribution in [0.15, 0.2) is 0 Å². The van der Waals surface area contributed by atoms with E-state index in [2.05, 4.69) is 10.6 Å². The first-order valence-corrected chi connectivity index (χ1v) is 6.76. The Balaban J connectivity index is 3.88. The molecule has 0 aromatic carbocycles. The van der Waals surface area contributed by atoms with Crippen molar-refractivity contribution in [3.8, 4) is 0 Å². The Morgan fingerprint density at radius 3 is 2.47 bits per heavy atom. The first-order valence-electron chi connectivity index (χ1n) is 6.76. The Morgan fingerprint density at radius 2 is 1.95 bits per heavy atom. The Bertz CT molecular complexity index is 269. The molecule has 19 heavy (non-hydrogen) atoms. The maximum absolute atomic E-state index is 11.5. The molecule has 2 amide bonds. The van der Waals surface area contributed by atoms with Crippen molar-refractivity contribution in [2.75, 3.05) is 26.3 Å². The number of urea groups is 1. The summed E-state index contributed by atoms with van der Waals surface area (Å²) in [5, 5.41) is 14.2. The number of carboxylic acid groups (broad SMARTS) is 1. The van der Waals surface area contributed by atoms with Crippen molar-refractivity contribution in [2.45, 2.75) is 33.6 Å². The van der Waals surface area contributed by atoms with Gasteiger partial charge in [0, 0.05) is 26.1 Å². The molecule has 0 aliphatic carbocycles. The lowest BCUT2D eigenvalue weighted by atomic mass is 9.94. The monoisotopic (exact) mass is 274 g/mol. The molecule has 0 aromatic heterocycles. The number of carboxylic acids is 1. The van der Waals surface area contributed by atoms with Gasteiger partial charge in [0.05, 0.1) is 6.61 Å². The minimum Gasteiger partial charge on any atom is -0.481 e. The largest absolute Gasteiger partial charge is 0.481 e. The van der Waals surface area contributed by atoms with E-state index in [-0.39, 0.29) is 18.4 Å². The number of amides is 2. The molecule has 0 spiro atoms. The highest BCUT2D eigenvalue weighted by molar-refractivity contribution is 5.74. The molecule has 0 bridgehead atoms. The summed E-state index contributed by atoms with van der Waals surface area (Å²) in [6.07, 6.45) is 0.864. The summed E-state index contributed by atoms with van der Waals surface area (Å²) in [6, 6.07) is -0.279. The van der Waals surface area contributed by atoms with E-state index in [1.165, 1.54) is 0 Å². The fourth-order valence-corrected chi connectivity index (χ4v) is 1.83. The third-order valence-corrected chi connectivity index (χ3v) is 2.56. The van der Waals surface area contributed by atoms with Crippen LogP contribution in [0.1, 0.15) is 33.6 Å². The average Bonchev–Trinajstić information content (AvgIpc) is 2.30. The number of nitrogens with one attached hydrogen (secondary N) is 2. The second-order valence-electron chi connectivity index (χ2n) is 4.93. The third-order valence-electron chi connectivity index (χ3n) is 2.56. The minimum absolute atomic E-state index is 0.0323. The van der Waals surface area contributed by atoms with Crippen molar-refractivity contribution in [1.29, 1.82) is 0 Å². The van der Waals surface area contributed by atoms with Crippen LogP contribution in [0.3, 0.4) is 0 Å². The molecule has 0 aliphatic heterocycles. The number of ether oxygens (including phenoxy) is 1. The molecule has 0 saturated carbocycles. The molecule has 3 N–H and O–H groups in total. The number of rotatable bonds is 10. The van der Waals surface area contributed by atoms with Gasteiger partial charge in [-0.2, -0.15) is 0 Å². The van der Waals surface area contributed by atoms with Crippen molar-refractivity contribution in [1.82, 2.24) is 10.6 Å². The Kier molecular flexibility index (Phi) is 9.88. The van der Waals surface area contributed by atoms with E-state index in [1.807, 2.05) is 20.8 Å². The normalized spacial score (nSPS) is 12.2. The Labute approximate surface area is 114 Å². The molecule has 1 unspecified atom stereocenters.